The predicted octanol–water partition coefficient (Wildman–Crippen LogP) is 3.17. The molecule has 20 heavy (non-hydrogen) atoms. The minimum absolute atomic E-state index is 0.469. The second-order valence-electron chi connectivity index (χ2n) is 5.32. The first-order chi connectivity index (χ1) is 9.40. The van der Waals surface area contributed by atoms with Crippen molar-refractivity contribution in [3.05, 3.63) is 28.2 Å². The summed E-state index contributed by atoms with van der Waals surface area (Å²) >= 11 is 11.8. The Morgan fingerprint density at radius 1 is 1.50 bits per heavy atom. The number of carboxylic acids is 1. The Morgan fingerprint density at radius 3 is 2.85 bits per heavy atom. The largest absolute Gasteiger partial charge is 0.491 e. The molecule has 1 atom stereocenters. The van der Waals surface area contributed by atoms with Gasteiger partial charge in [-0.05, 0) is 38.1 Å². The lowest BCUT2D eigenvalue weighted by Crippen LogP contribution is -2.33. The van der Waals surface area contributed by atoms with Crippen LogP contribution in [0.25, 0.3) is 0 Å². The van der Waals surface area contributed by atoms with Crippen molar-refractivity contribution in [2.75, 3.05) is 26.2 Å². The molecule has 0 spiro atoms. The molecule has 0 radical (unpaired) electrons. The molecular weight excluding hydrogens is 301 g/mol. The summed E-state index contributed by atoms with van der Waals surface area (Å²) in [5.41, 5.74) is -0.641. The van der Waals surface area contributed by atoms with Crippen molar-refractivity contribution in [3.8, 4) is 5.75 Å². The Bertz CT molecular complexity index is 509. The SMILES string of the molecule is CC1(C(=O)O)CCN(CCOc2ccc(Cl)cc2Cl)C1. The smallest absolute Gasteiger partial charge is 0.310 e. The van der Waals surface area contributed by atoms with Gasteiger partial charge in [0.05, 0.1) is 10.4 Å². The van der Waals surface area contributed by atoms with Gasteiger partial charge in [-0.1, -0.05) is 23.2 Å². The highest BCUT2D eigenvalue weighted by atomic mass is 35.5. The molecule has 1 N–H and O–H groups in total. The maximum atomic E-state index is 11.2. The van der Waals surface area contributed by atoms with Gasteiger partial charge in [-0.15, -0.1) is 0 Å². The van der Waals surface area contributed by atoms with Crippen LogP contribution in [0, 0.1) is 5.41 Å². The summed E-state index contributed by atoms with van der Waals surface area (Å²) in [4.78, 5) is 13.2. The highest BCUT2D eigenvalue weighted by molar-refractivity contribution is 6.35. The van der Waals surface area contributed by atoms with E-state index in [0.29, 0.717) is 41.9 Å². The van der Waals surface area contributed by atoms with Crippen LogP contribution >= 0.6 is 23.2 Å². The number of hydrogen-bond acceptors (Lipinski definition) is 3. The molecule has 4 nitrogen and oxygen atoms in total. The summed E-state index contributed by atoms with van der Waals surface area (Å²) < 4.78 is 5.60. The molecule has 1 unspecified atom stereocenters. The number of halogens is 2. The highest BCUT2D eigenvalue weighted by Crippen LogP contribution is 2.30. The van der Waals surface area contributed by atoms with Gasteiger partial charge in [-0.25, -0.2) is 0 Å². The zero-order valence-corrected chi connectivity index (χ0v) is 12.7. The van der Waals surface area contributed by atoms with Crippen LogP contribution in [0.5, 0.6) is 5.75 Å². The maximum absolute atomic E-state index is 11.2. The Balaban J connectivity index is 1.81. The number of rotatable bonds is 5. The second-order valence-corrected chi connectivity index (χ2v) is 6.16. The number of carboxylic acid groups (broad SMARTS) is 1. The quantitative estimate of drug-likeness (QED) is 0.906. The molecular formula is C14H17Cl2NO3. The average Bonchev–Trinajstić information content (AvgIpc) is 2.75. The summed E-state index contributed by atoms with van der Waals surface area (Å²) in [5, 5.41) is 10.2. The molecule has 1 fully saturated rings. The van der Waals surface area contributed by atoms with E-state index in [2.05, 4.69) is 4.90 Å². The number of nitrogens with zero attached hydrogens (tertiary/aromatic N) is 1. The fraction of sp³-hybridized carbons (Fsp3) is 0.500. The van der Waals surface area contributed by atoms with Gasteiger partial charge < -0.3 is 9.84 Å². The molecule has 2 rings (SSSR count). The Hall–Kier alpha value is -0.970. The van der Waals surface area contributed by atoms with Crippen molar-refractivity contribution in [3.63, 3.8) is 0 Å². The molecule has 1 aromatic rings. The van der Waals surface area contributed by atoms with E-state index in [0.717, 1.165) is 6.54 Å². The fourth-order valence-electron chi connectivity index (χ4n) is 2.30. The Labute approximate surface area is 128 Å². The van der Waals surface area contributed by atoms with E-state index in [9.17, 15) is 4.79 Å². The molecule has 6 heteroatoms. The van der Waals surface area contributed by atoms with E-state index in [1.807, 2.05) is 0 Å². The van der Waals surface area contributed by atoms with Crippen molar-refractivity contribution in [1.82, 2.24) is 4.90 Å². The first-order valence-corrected chi connectivity index (χ1v) is 7.20. The lowest BCUT2D eigenvalue weighted by Gasteiger charge is -2.20. The van der Waals surface area contributed by atoms with Gasteiger partial charge in [0.1, 0.15) is 12.4 Å². The minimum atomic E-state index is -0.735. The van der Waals surface area contributed by atoms with Crippen LogP contribution in [0.1, 0.15) is 13.3 Å². The van der Waals surface area contributed by atoms with Crippen molar-refractivity contribution >= 4 is 29.2 Å². The van der Waals surface area contributed by atoms with Gasteiger partial charge in [0.2, 0.25) is 0 Å². The van der Waals surface area contributed by atoms with Crippen LogP contribution in [0.2, 0.25) is 10.0 Å². The number of benzene rings is 1. The molecule has 0 saturated carbocycles. The van der Waals surface area contributed by atoms with Crippen LogP contribution in [0.3, 0.4) is 0 Å². The van der Waals surface area contributed by atoms with E-state index in [1.54, 1.807) is 25.1 Å². The fourth-order valence-corrected chi connectivity index (χ4v) is 2.76. The molecule has 0 bridgehead atoms. The minimum Gasteiger partial charge on any atom is -0.491 e. The summed E-state index contributed by atoms with van der Waals surface area (Å²) in [6.45, 7) is 4.27. The van der Waals surface area contributed by atoms with Crippen molar-refractivity contribution < 1.29 is 14.6 Å². The van der Waals surface area contributed by atoms with E-state index in [-0.39, 0.29) is 0 Å². The van der Waals surface area contributed by atoms with Crippen molar-refractivity contribution in [2.45, 2.75) is 13.3 Å². The summed E-state index contributed by atoms with van der Waals surface area (Å²) in [6, 6.07) is 5.09. The molecule has 0 aliphatic carbocycles. The highest BCUT2D eigenvalue weighted by Gasteiger charge is 2.40. The third-order valence-electron chi connectivity index (χ3n) is 3.63. The molecule has 1 saturated heterocycles. The lowest BCUT2D eigenvalue weighted by atomic mass is 9.90. The van der Waals surface area contributed by atoms with Gasteiger partial charge in [-0.2, -0.15) is 0 Å². The van der Waals surface area contributed by atoms with Gasteiger partial charge >= 0.3 is 5.97 Å². The second kappa shape index (κ2) is 6.20. The monoisotopic (exact) mass is 317 g/mol. The summed E-state index contributed by atoms with van der Waals surface area (Å²) in [6.07, 6.45) is 0.671. The van der Waals surface area contributed by atoms with Crippen LogP contribution in [-0.4, -0.2) is 42.2 Å². The summed E-state index contributed by atoms with van der Waals surface area (Å²) in [5.74, 6) is -0.141. The van der Waals surface area contributed by atoms with Gasteiger partial charge in [0.25, 0.3) is 0 Å². The zero-order chi connectivity index (χ0) is 14.8. The predicted molar refractivity (Wildman–Crippen MR) is 78.8 cm³/mol. The van der Waals surface area contributed by atoms with Crippen molar-refractivity contribution in [2.24, 2.45) is 5.41 Å². The Morgan fingerprint density at radius 2 is 2.25 bits per heavy atom. The zero-order valence-electron chi connectivity index (χ0n) is 11.2. The van der Waals surface area contributed by atoms with E-state index in [1.165, 1.54) is 0 Å². The van der Waals surface area contributed by atoms with Crippen LogP contribution in [0.4, 0.5) is 0 Å². The van der Waals surface area contributed by atoms with E-state index >= 15 is 0 Å². The van der Waals surface area contributed by atoms with Crippen molar-refractivity contribution in [1.29, 1.82) is 0 Å². The van der Waals surface area contributed by atoms with Crippen LogP contribution < -0.4 is 4.74 Å². The molecule has 0 aromatic heterocycles. The maximum Gasteiger partial charge on any atom is 0.310 e. The Kier molecular flexibility index (Phi) is 4.78. The van der Waals surface area contributed by atoms with Crippen LogP contribution in [-0.2, 0) is 4.79 Å². The number of hydrogen-bond donors (Lipinski definition) is 1. The number of aliphatic carboxylic acids is 1. The first-order valence-electron chi connectivity index (χ1n) is 6.44. The normalized spacial score (nSPS) is 22.9. The molecule has 1 aromatic carbocycles. The molecule has 0 amide bonds. The van der Waals surface area contributed by atoms with Crippen LogP contribution in [0.15, 0.2) is 18.2 Å². The standard InChI is InChI=1S/C14H17Cl2NO3/c1-14(13(18)19)4-5-17(9-14)6-7-20-12-3-2-10(15)8-11(12)16/h2-3,8H,4-7,9H2,1H3,(H,18,19). The third-order valence-corrected chi connectivity index (χ3v) is 4.16. The number of ether oxygens (including phenoxy) is 1. The van der Waals surface area contributed by atoms with E-state index < -0.39 is 11.4 Å². The van der Waals surface area contributed by atoms with Gasteiger partial charge in [-0.3, -0.25) is 9.69 Å². The lowest BCUT2D eigenvalue weighted by molar-refractivity contribution is -0.147. The first kappa shape index (κ1) is 15.4. The van der Waals surface area contributed by atoms with Gasteiger partial charge in [0, 0.05) is 18.1 Å². The average molecular weight is 318 g/mol. The summed E-state index contributed by atoms with van der Waals surface area (Å²) in [7, 11) is 0. The topological polar surface area (TPSA) is 49.8 Å². The van der Waals surface area contributed by atoms with Gasteiger partial charge in [0.15, 0.2) is 0 Å². The number of likely N-dealkylation sites (tertiary alicyclic amines) is 1. The molecule has 110 valence electrons. The molecule has 1 aliphatic heterocycles. The third kappa shape index (κ3) is 3.57. The molecule has 1 heterocycles. The number of carbonyl (C=O) groups is 1. The van der Waals surface area contributed by atoms with E-state index in [4.69, 9.17) is 33.0 Å². The molecule has 1 aliphatic rings.